The van der Waals surface area contributed by atoms with Gasteiger partial charge in [-0.3, -0.25) is 9.69 Å². The maximum Gasteiger partial charge on any atom is 0.253 e. The van der Waals surface area contributed by atoms with Gasteiger partial charge in [0.1, 0.15) is 0 Å². The smallest absolute Gasteiger partial charge is 0.253 e. The first-order valence-corrected chi connectivity index (χ1v) is 10.4. The number of hydrogen-bond acceptors (Lipinski definition) is 4. The van der Waals surface area contributed by atoms with Crippen LogP contribution in [0, 0.1) is 0 Å². The normalized spacial score (nSPS) is 14.5. The second-order valence-corrected chi connectivity index (χ2v) is 7.73. The molecule has 0 bridgehead atoms. The van der Waals surface area contributed by atoms with Crippen LogP contribution in [0.5, 0.6) is 11.5 Å². The summed E-state index contributed by atoms with van der Waals surface area (Å²) in [6.07, 6.45) is 0. The number of rotatable bonds is 5. The number of benzene rings is 3. The van der Waals surface area contributed by atoms with Crippen LogP contribution >= 0.6 is 0 Å². The van der Waals surface area contributed by atoms with Gasteiger partial charge in [0.2, 0.25) is 0 Å². The van der Waals surface area contributed by atoms with Gasteiger partial charge in [0, 0.05) is 31.8 Å². The molecule has 2 N–H and O–H groups in total. The Kier molecular flexibility index (Phi) is 6.05. The van der Waals surface area contributed by atoms with E-state index in [4.69, 9.17) is 0 Å². The number of phenols is 2. The molecule has 3 aromatic carbocycles. The highest BCUT2D eigenvalue weighted by Crippen LogP contribution is 2.31. The van der Waals surface area contributed by atoms with Crippen molar-refractivity contribution in [1.29, 1.82) is 0 Å². The van der Waals surface area contributed by atoms with Crippen molar-refractivity contribution in [2.45, 2.75) is 6.04 Å². The van der Waals surface area contributed by atoms with Crippen LogP contribution in [0.15, 0.2) is 85.4 Å². The molecule has 0 radical (unpaired) electrons. The predicted molar refractivity (Wildman–Crippen MR) is 122 cm³/mol. The van der Waals surface area contributed by atoms with E-state index >= 15 is 0 Å². The molecule has 4 rings (SSSR count). The zero-order valence-corrected chi connectivity index (χ0v) is 17.3. The predicted octanol–water partition coefficient (Wildman–Crippen LogP) is 4.04. The molecule has 158 valence electrons. The lowest BCUT2D eigenvalue weighted by molar-refractivity contribution is -0.126. The fourth-order valence-corrected chi connectivity index (χ4v) is 4.09. The summed E-state index contributed by atoms with van der Waals surface area (Å²) in [5.41, 5.74) is 3.29. The molecule has 1 aliphatic heterocycles. The summed E-state index contributed by atoms with van der Waals surface area (Å²) >= 11 is 0. The van der Waals surface area contributed by atoms with E-state index in [0.717, 1.165) is 13.1 Å². The number of hydrogen-bond donors (Lipinski definition) is 2. The van der Waals surface area contributed by atoms with Crippen LogP contribution in [-0.4, -0.2) is 52.1 Å². The van der Waals surface area contributed by atoms with Crippen molar-refractivity contribution in [2.24, 2.45) is 0 Å². The molecule has 0 atom stereocenters. The van der Waals surface area contributed by atoms with Gasteiger partial charge in [0.05, 0.1) is 6.04 Å². The van der Waals surface area contributed by atoms with Crippen LogP contribution in [0.2, 0.25) is 0 Å². The molecule has 0 unspecified atom stereocenters. The summed E-state index contributed by atoms with van der Waals surface area (Å²) in [7, 11) is 0. The van der Waals surface area contributed by atoms with E-state index in [2.05, 4.69) is 60.0 Å². The number of amides is 1. The number of carbonyl (C=O) groups excluding carboxylic acids is 1. The van der Waals surface area contributed by atoms with E-state index in [1.165, 1.54) is 23.3 Å². The van der Waals surface area contributed by atoms with Gasteiger partial charge in [0.15, 0.2) is 11.5 Å². The minimum atomic E-state index is -0.259. The van der Waals surface area contributed by atoms with E-state index in [-0.39, 0.29) is 23.4 Å². The van der Waals surface area contributed by atoms with Crippen molar-refractivity contribution in [3.8, 4) is 11.5 Å². The Balaban J connectivity index is 1.48. The van der Waals surface area contributed by atoms with Gasteiger partial charge in [-0.25, -0.2) is 0 Å². The number of nitrogens with zero attached hydrogens (tertiary/aromatic N) is 2. The topological polar surface area (TPSA) is 64.0 Å². The van der Waals surface area contributed by atoms with Gasteiger partial charge in [-0.1, -0.05) is 73.3 Å². The Bertz CT molecular complexity index is 1020. The molecule has 31 heavy (non-hydrogen) atoms. The molecule has 1 amide bonds. The molecule has 1 fully saturated rings. The molecule has 5 nitrogen and oxygen atoms in total. The zero-order chi connectivity index (χ0) is 21.8. The van der Waals surface area contributed by atoms with E-state index < -0.39 is 0 Å². The van der Waals surface area contributed by atoms with Crippen molar-refractivity contribution >= 4 is 11.5 Å². The zero-order valence-electron chi connectivity index (χ0n) is 17.3. The largest absolute Gasteiger partial charge is 0.504 e. The minimum Gasteiger partial charge on any atom is -0.504 e. The molecule has 1 heterocycles. The highest BCUT2D eigenvalue weighted by atomic mass is 16.3. The third-order valence-corrected chi connectivity index (χ3v) is 5.78. The molecular formula is C26H26N2O3. The number of phenolic OH excluding ortho intramolecular Hbond substituents is 2. The Labute approximate surface area is 182 Å². The van der Waals surface area contributed by atoms with E-state index in [1.54, 1.807) is 11.0 Å². The van der Waals surface area contributed by atoms with Gasteiger partial charge in [-0.15, -0.1) is 0 Å². The van der Waals surface area contributed by atoms with Crippen molar-refractivity contribution in [1.82, 2.24) is 9.80 Å². The third kappa shape index (κ3) is 4.47. The molecule has 0 aromatic heterocycles. The van der Waals surface area contributed by atoms with Crippen LogP contribution in [0.25, 0.3) is 5.57 Å². The third-order valence-electron chi connectivity index (χ3n) is 5.78. The molecule has 3 aromatic rings. The summed E-state index contributed by atoms with van der Waals surface area (Å²) in [6.45, 7) is 6.60. The summed E-state index contributed by atoms with van der Waals surface area (Å²) in [4.78, 5) is 17.2. The Morgan fingerprint density at radius 3 is 1.84 bits per heavy atom. The van der Waals surface area contributed by atoms with Gasteiger partial charge < -0.3 is 15.1 Å². The first-order valence-electron chi connectivity index (χ1n) is 10.4. The summed E-state index contributed by atoms with van der Waals surface area (Å²) in [5.74, 6) is -0.629. The maximum absolute atomic E-state index is 13.0. The van der Waals surface area contributed by atoms with Crippen LogP contribution in [0.3, 0.4) is 0 Å². The molecular weight excluding hydrogens is 388 g/mol. The molecule has 5 heteroatoms. The molecule has 0 aliphatic carbocycles. The lowest BCUT2D eigenvalue weighted by Gasteiger charge is -2.40. The van der Waals surface area contributed by atoms with Crippen LogP contribution in [-0.2, 0) is 4.79 Å². The highest BCUT2D eigenvalue weighted by Gasteiger charge is 2.29. The monoisotopic (exact) mass is 414 g/mol. The van der Waals surface area contributed by atoms with Crippen molar-refractivity contribution in [3.05, 3.63) is 102 Å². The SMILES string of the molecule is C=C(C(=O)N1CCN(C(c2ccccc2)c2ccccc2)CC1)c1ccc(O)c(O)c1. The Morgan fingerprint density at radius 1 is 0.774 bits per heavy atom. The van der Waals surface area contributed by atoms with E-state index in [1.807, 2.05) is 12.1 Å². The standard InChI is InChI=1S/C26H26N2O3/c1-19(22-12-13-23(29)24(30)18-22)26(31)28-16-14-27(15-17-28)25(20-8-4-2-5-9-20)21-10-6-3-7-11-21/h2-13,18,25,29-30H,1,14-17H2. The lowest BCUT2D eigenvalue weighted by Crippen LogP contribution is -2.50. The molecule has 1 saturated heterocycles. The van der Waals surface area contributed by atoms with Gasteiger partial charge in [-0.2, -0.15) is 0 Å². The second kappa shape index (κ2) is 9.06. The Morgan fingerprint density at radius 2 is 1.32 bits per heavy atom. The number of carbonyl (C=O) groups is 1. The van der Waals surface area contributed by atoms with Crippen molar-refractivity contribution in [3.63, 3.8) is 0 Å². The number of aromatic hydroxyl groups is 2. The summed E-state index contributed by atoms with van der Waals surface area (Å²) < 4.78 is 0. The minimum absolute atomic E-state index is 0.136. The van der Waals surface area contributed by atoms with Crippen LogP contribution in [0.1, 0.15) is 22.7 Å². The van der Waals surface area contributed by atoms with E-state index in [0.29, 0.717) is 24.2 Å². The lowest BCUT2D eigenvalue weighted by atomic mass is 9.96. The van der Waals surface area contributed by atoms with Gasteiger partial charge in [-0.05, 0) is 28.8 Å². The van der Waals surface area contributed by atoms with E-state index in [9.17, 15) is 15.0 Å². The summed E-state index contributed by atoms with van der Waals surface area (Å²) in [5, 5.41) is 19.2. The second-order valence-electron chi connectivity index (χ2n) is 7.73. The maximum atomic E-state index is 13.0. The molecule has 0 saturated carbocycles. The molecule has 0 spiro atoms. The van der Waals surface area contributed by atoms with Crippen molar-refractivity contribution in [2.75, 3.05) is 26.2 Å². The first-order chi connectivity index (χ1) is 15.0. The average Bonchev–Trinajstić information content (AvgIpc) is 2.82. The highest BCUT2D eigenvalue weighted by molar-refractivity contribution is 6.18. The van der Waals surface area contributed by atoms with Gasteiger partial charge >= 0.3 is 0 Å². The van der Waals surface area contributed by atoms with Gasteiger partial charge in [0.25, 0.3) is 5.91 Å². The first kappa shape index (κ1) is 20.7. The van der Waals surface area contributed by atoms with Crippen LogP contribution < -0.4 is 0 Å². The summed E-state index contributed by atoms with van der Waals surface area (Å²) in [6, 6.07) is 25.3. The van der Waals surface area contributed by atoms with Crippen molar-refractivity contribution < 1.29 is 15.0 Å². The fourth-order valence-electron chi connectivity index (χ4n) is 4.09. The Hall–Kier alpha value is -3.57. The fraction of sp³-hybridized carbons (Fsp3) is 0.192. The quantitative estimate of drug-likeness (QED) is 0.489. The van der Waals surface area contributed by atoms with Crippen LogP contribution in [0.4, 0.5) is 0 Å². The average molecular weight is 415 g/mol. The molecule has 1 aliphatic rings. The number of piperazine rings is 1.